The topological polar surface area (TPSA) is 43.9 Å². The second-order valence-corrected chi connectivity index (χ2v) is 6.25. The molecule has 0 amide bonds. The van der Waals surface area contributed by atoms with Crippen LogP contribution in [0.1, 0.15) is 30.4 Å². The number of hydrogen-bond acceptors (Lipinski definition) is 3. The van der Waals surface area contributed by atoms with E-state index < -0.39 is 0 Å². The van der Waals surface area contributed by atoms with E-state index in [4.69, 9.17) is 21.0 Å². The van der Waals surface area contributed by atoms with Crippen molar-refractivity contribution < 1.29 is 4.42 Å². The average Bonchev–Trinajstić information content (AvgIpc) is 3.01. The monoisotopic (exact) mass is 367 g/mol. The molecule has 21 heavy (non-hydrogen) atoms. The van der Waals surface area contributed by atoms with Crippen molar-refractivity contribution >= 4 is 38.6 Å². The van der Waals surface area contributed by atoms with Crippen LogP contribution < -0.4 is 0 Å². The lowest BCUT2D eigenvalue weighted by molar-refractivity contribution is 0.414. The number of halogens is 2. The number of fused-ring (bicyclic) bond motifs is 1. The van der Waals surface area contributed by atoms with Crippen molar-refractivity contribution in [3.63, 3.8) is 0 Å². The third-order valence-electron chi connectivity index (χ3n) is 3.43. The third kappa shape index (κ3) is 2.72. The van der Waals surface area contributed by atoms with Crippen molar-refractivity contribution in [2.45, 2.75) is 26.3 Å². The lowest BCUT2D eigenvalue weighted by atomic mass is 10.2. The van der Waals surface area contributed by atoms with Gasteiger partial charge < -0.3 is 8.98 Å². The molecule has 0 N–H and O–H groups in total. The Morgan fingerprint density at radius 2 is 2.24 bits per heavy atom. The maximum absolute atomic E-state index is 5.92. The molecule has 1 aromatic carbocycles. The Kier molecular flexibility index (Phi) is 4.04. The highest BCUT2D eigenvalue weighted by molar-refractivity contribution is 9.10. The van der Waals surface area contributed by atoms with E-state index >= 15 is 0 Å². The SMILES string of the molecule is Cc1cnc(C(C)n2c(CCCl)nc3cc(Br)ccc32)o1. The summed E-state index contributed by atoms with van der Waals surface area (Å²) >= 11 is 9.40. The maximum atomic E-state index is 5.92. The average molecular weight is 369 g/mol. The third-order valence-corrected chi connectivity index (χ3v) is 4.11. The number of aromatic nitrogens is 3. The zero-order chi connectivity index (χ0) is 15.0. The van der Waals surface area contributed by atoms with Gasteiger partial charge in [0.05, 0.1) is 17.2 Å². The molecule has 0 saturated carbocycles. The first-order valence-electron chi connectivity index (χ1n) is 6.75. The van der Waals surface area contributed by atoms with Gasteiger partial charge in [-0.3, -0.25) is 0 Å². The Morgan fingerprint density at radius 1 is 1.43 bits per heavy atom. The van der Waals surface area contributed by atoms with Gasteiger partial charge in [0.1, 0.15) is 17.6 Å². The van der Waals surface area contributed by atoms with Crippen LogP contribution in [0, 0.1) is 6.92 Å². The molecule has 110 valence electrons. The highest BCUT2D eigenvalue weighted by Gasteiger charge is 2.20. The van der Waals surface area contributed by atoms with E-state index in [1.807, 2.05) is 19.1 Å². The summed E-state index contributed by atoms with van der Waals surface area (Å²) < 4.78 is 8.83. The summed E-state index contributed by atoms with van der Waals surface area (Å²) in [4.78, 5) is 9.04. The number of imidazole rings is 1. The molecule has 0 spiro atoms. The molecule has 0 aliphatic rings. The van der Waals surface area contributed by atoms with Crippen molar-refractivity contribution in [2.75, 3.05) is 5.88 Å². The number of oxazole rings is 1. The second-order valence-electron chi connectivity index (χ2n) is 4.96. The summed E-state index contributed by atoms with van der Waals surface area (Å²) in [6.07, 6.45) is 2.45. The molecule has 0 aliphatic carbocycles. The standard InChI is InChI=1S/C15H15BrClN3O/c1-9-8-18-15(21-9)10(2)20-13-4-3-11(16)7-12(13)19-14(20)5-6-17/h3-4,7-8,10H,5-6H2,1-2H3. The summed E-state index contributed by atoms with van der Waals surface area (Å²) in [6, 6.07) is 6.05. The molecule has 0 radical (unpaired) electrons. The van der Waals surface area contributed by atoms with Crippen LogP contribution in [0.15, 0.2) is 33.3 Å². The summed E-state index contributed by atoms with van der Waals surface area (Å²) in [5.74, 6) is 2.97. The first-order chi connectivity index (χ1) is 10.1. The van der Waals surface area contributed by atoms with Crippen LogP contribution in [-0.4, -0.2) is 20.4 Å². The molecule has 1 atom stereocenters. The number of nitrogens with zero attached hydrogens (tertiary/aromatic N) is 3. The highest BCUT2D eigenvalue weighted by atomic mass is 79.9. The van der Waals surface area contributed by atoms with E-state index in [0.717, 1.165) is 27.1 Å². The Hall–Kier alpha value is -1.33. The number of rotatable bonds is 4. The Bertz CT molecular complexity index is 780. The van der Waals surface area contributed by atoms with Gasteiger partial charge in [-0.25, -0.2) is 9.97 Å². The smallest absolute Gasteiger partial charge is 0.217 e. The first kappa shape index (κ1) is 14.6. The zero-order valence-corrected chi connectivity index (χ0v) is 14.1. The van der Waals surface area contributed by atoms with Crippen LogP contribution in [0.4, 0.5) is 0 Å². The molecule has 3 rings (SSSR count). The van der Waals surface area contributed by atoms with E-state index in [0.29, 0.717) is 18.2 Å². The van der Waals surface area contributed by atoms with Crippen LogP contribution in [-0.2, 0) is 6.42 Å². The Labute approximate surface area is 136 Å². The summed E-state index contributed by atoms with van der Waals surface area (Å²) in [6.45, 7) is 3.96. The van der Waals surface area contributed by atoms with Crippen molar-refractivity contribution in [3.05, 3.63) is 46.3 Å². The predicted molar refractivity (Wildman–Crippen MR) is 86.9 cm³/mol. The minimum absolute atomic E-state index is 0.0249. The second kappa shape index (κ2) is 5.81. The largest absolute Gasteiger partial charge is 0.444 e. The van der Waals surface area contributed by atoms with Gasteiger partial charge in [-0.2, -0.15) is 0 Å². The van der Waals surface area contributed by atoms with Crippen molar-refractivity contribution in [1.82, 2.24) is 14.5 Å². The van der Waals surface area contributed by atoms with Gasteiger partial charge in [0.2, 0.25) is 5.89 Å². The summed E-state index contributed by atoms with van der Waals surface area (Å²) in [5.41, 5.74) is 2.00. The summed E-state index contributed by atoms with van der Waals surface area (Å²) in [7, 11) is 0. The van der Waals surface area contributed by atoms with E-state index in [2.05, 4.69) is 38.5 Å². The minimum atomic E-state index is -0.0249. The maximum Gasteiger partial charge on any atom is 0.217 e. The molecule has 2 aromatic heterocycles. The van der Waals surface area contributed by atoms with Crippen LogP contribution in [0.5, 0.6) is 0 Å². The van der Waals surface area contributed by atoms with E-state index in [-0.39, 0.29) is 6.04 Å². The molecule has 3 aromatic rings. The Balaban J connectivity index is 2.16. The predicted octanol–water partition coefficient (Wildman–Crippen LogP) is 4.49. The van der Waals surface area contributed by atoms with Gasteiger partial charge in [-0.15, -0.1) is 11.6 Å². The van der Waals surface area contributed by atoms with Gasteiger partial charge in [0.15, 0.2) is 0 Å². The zero-order valence-electron chi connectivity index (χ0n) is 11.8. The highest BCUT2D eigenvalue weighted by Crippen LogP contribution is 2.28. The summed E-state index contributed by atoms with van der Waals surface area (Å²) in [5, 5.41) is 0. The molecular formula is C15H15BrClN3O. The van der Waals surface area contributed by atoms with Crippen molar-refractivity contribution in [3.8, 4) is 0 Å². The number of benzene rings is 1. The van der Waals surface area contributed by atoms with Crippen LogP contribution in [0.25, 0.3) is 11.0 Å². The van der Waals surface area contributed by atoms with E-state index in [9.17, 15) is 0 Å². The van der Waals surface area contributed by atoms with Crippen LogP contribution >= 0.6 is 27.5 Å². The minimum Gasteiger partial charge on any atom is -0.444 e. The molecule has 0 saturated heterocycles. The van der Waals surface area contributed by atoms with E-state index in [1.54, 1.807) is 6.20 Å². The van der Waals surface area contributed by atoms with E-state index in [1.165, 1.54) is 0 Å². The van der Waals surface area contributed by atoms with Gasteiger partial charge in [-0.1, -0.05) is 15.9 Å². The quantitative estimate of drug-likeness (QED) is 0.637. The molecule has 6 heteroatoms. The van der Waals surface area contributed by atoms with Gasteiger partial charge in [-0.05, 0) is 32.0 Å². The lowest BCUT2D eigenvalue weighted by Crippen LogP contribution is -2.11. The van der Waals surface area contributed by atoms with Crippen LogP contribution in [0.2, 0.25) is 0 Å². The first-order valence-corrected chi connectivity index (χ1v) is 8.07. The lowest BCUT2D eigenvalue weighted by Gasteiger charge is -2.14. The fourth-order valence-electron chi connectivity index (χ4n) is 2.49. The molecule has 0 fully saturated rings. The van der Waals surface area contributed by atoms with Crippen molar-refractivity contribution in [2.24, 2.45) is 0 Å². The fourth-order valence-corrected chi connectivity index (χ4v) is 3.01. The molecule has 4 nitrogen and oxygen atoms in total. The molecule has 1 unspecified atom stereocenters. The van der Waals surface area contributed by atoms with Crippen molar-refractivity contribution in [1.29, 1.82) is 0 Å². The van der Waals surface area contributed by atoms with Crippen LogP contribution in [0.3, 0.4) is 0 Å². The normalized spacial score (nSPS) is 13.0. The molecular weight excluding hydrogens is 354 g/mol. The molecule has 0 aliphatic heterocycles. The molecule has 2 heterocycles. The Morgan fingerprint density at radius 3 is 2.90 bits per heavy atom. The van der Waals surface area contributed by atoms with Gasteiger partial charge >= 0.3 is 0 Å². The number of alkyl halides is 1. The molecule has 0 bridgehead atoms. The van der Waals surface area contributed by atoms with Gasteiger partial charge in [0, 0.05) is 16.8 Å². The van der Waals surface area contributed by atoms with Gasteiger partial charge in [0.25, 0.3) is 0 Å². The fraction of sp³-hybridized carbons (Fsp3) is 0.333. The number of hydrogen-bond donors (Lipinski definition) is 0. The number of aryl methyl sites for hydroxylation is 2.